The van der Waals surface area contributed by atoms with Crippen LogP contribution >= 0.6 is 11.6 Å². The third-order valence-electron chi connectivity index (χ3n) is 5.54. The van der Waals surface area contributed by atoms with Gasteiger partial charge >= 0.3 is 0 Å². The molecule has 198 valence electrons. The molecule has 0 spiro atoms. The van der Waals surface area contributed by atoms with Crippen molar-refractivity contribution in [1.82, 2.24) is 10.2 Å². The molecule has 0 radical (unpaired) electrons. The summed E-state index contributed by atoms with van der Waals surface area (Å²) in [5.41, 5.74) is 0.937. The number of anilines is 1. The van der Waals surface area contributed by atoms with Gasteiger partial charge in [-0.2, -0.15) is 0 Å². The number of benzene rings is 2. The fraction of sp³-hybridized carbons (Fsp3) is 0.440. The van der Waals surface area contributed by atoms with Crippen LogP contribution in [0.25, 0.3) is 0 Å². The van der Waals surface area contributed by atoms with Gasteiger partial charge in [0.2, 0.25) is 21.8 Å². The minimum Gasteiger partial charge on any atom is -0.497 e. The zero-order valence-electron chi connectivity index (χ0n) is 21.3. The lowest BCUT2D eigenvalue weighted by Crippen LogP contribution is -2.52. The van der Waals surface area contributed by atoms with Gasteiger partial charge in [-0.3, -0.25) is 13.9 Å². The third kappa shape index (κ3) is 7.76. The van der Waals surface area contributed by atoms with Gasteiger partial charge in [-0.05, 0) is 42.7 Å². The highest BCUT2D eigenvalue weighted by Crippen LogP contribution is 2.33. The summed E-state index contributed by atoms with van der Waals surface area (Å²) in [4.78, 5) is 28.1. The zero-order chi connectivity index (χ0) is 26.9. The van der Waals surface area contributed by atoms with Crippen LogP contribution in [0.3, 0.4) is 0 Å². The molecule has 0 unspecified atom stereocenters. The first kappa shape index (κ1) is 29.3. The number of methoxy groups -OCH3 is 2. The van der Waals surface area contributed by atoms with Crippen molar-refractivity contribution in [2.75, 3.05) is 37.9 Å². The first-order chi connectivity index (χ1) is 17.0. The van der Waals surface area contributed by atoms with Crippen LogP contribution in [0.4, 0.5) is 5.69 Å². The van der Waals surface area contributed by atoms with Crippen LogP contribution in [0.5, 0.6) is 11.5 Å². The number of carbonyl (C=O) groups is 2. The number of ether oxygens (including phenoxy) is 2. The van der Waals surface area contributed by atoms with Gasteiger partial charge in [-0.1, -0.05) is 37.6 Å². The predicted octanol–water partition coefficient (Wildman–Crippen LogP) is 3.46. The average Bonchev–Trinajstić information content (AvgIpc) is 2.85. The maximum atomic E-state index is 13.7. The molecule has 9 nitrogen and oxygen atoms in total. The molecule has 0 aliphatic carbocycles. The lowest BCUT2D eigenvalue weighted by atomic mass is 10.1. The van der Waals surface area contributed by atoms with Gasteiger partial charge in [0.05, 0.1) is 26.2 Å². The van der Waals surface area contributed by atoms with Crippen LogP contribution in [0.15, 0.2) is 42.5 Å². The summed E-state index contributed by atoms with van der Waals surface area (Å²) in [6.07, 6.45) is 2.10. The molecular formula is C25H34ClN3O6S. The highest BCUT2D eigenvalue weighted by molar-refractivity contribution is 7.92. The maximum Gasteiger partial charge on any atom is 0.244 e. The first-order valence-electron chi connectivity index (χ1n) is 11.6. The van der Waals surface area contributed by atoms with E-state index in [9.17, 15) is 18.0 Å². The van der Waals surface area contributed by atoms with Gasteiger partial charge in [-0.15, -0.1) is 0 Å². The van der Waals surface area contributed by atoms with Gasteiger partial charge in [0.1, 0.15) is 24.1 Å². The molecule has 2 amide bonds. The Labute approximate surface area is 218 Å². The van der Waals surface area contributed by atoms with Crippen LogP contribution in [-0.4, -0.2) is 64.7 Å². The number of rotatable bonds is 13. The summed E-state index contributed by atoms with van der Waals surface area (Å²) in [5, 5.41) is 3.38. The molecule has 0 saturated carbocycles. The summed E-state index contributed by atoms with van der Waals surface area (Å²) in [5.74, 6) is -0.135. The van der Waals surface area contributed by atoms with Crippen molar-refractivity contribution < 1.29 is 27.5 Å². The van der Waals surface area contributed by atoms with Crippen LogP contribution in [0.1, 0.15) is 32.3 Å². The minimum absolute atomic E-state index is 0.103. The van der Waals surface area contributed by atoms with E-state index in [0.717, 1.165) is 22.5 Å². The van der Waals surface area contributed by atoms with E-state index in [2.05, 4.69) is 5.32 Å². The molecule has 0 bridgehead atoms. The Hall–Kier alpha value is -2.98. The van der Waals surface area contributed by atoms with Crippen LogP contribution in [0.2, 0.25) is 5.02 Å². The molecule has 0 aliphatic heterocycles. The average molecular weight is 540 g/mol. The number of nitrogens with one attached hydrogen (secondary N) is 1. The van der Waals surface area contributed by atoms with Crippen LogP contribution in [0, 0.1) is 0 Å². The van der Waals surface area contributed by atoms with Gasteiger partial charge in [0.25, 0.3) is 0 Å². The number of amides is 2. The number of sulfonamides is 1. The smallest absolute Gasteiger partial charge is 0.244 e. The number of carbonyl (C=O) groups excluding carboxylic acids is 2. The Morgan fingerprint density at radius 2 is 1.72 bits per heavy atom. The molecule has 0 saturated heterocycles. The van der Waals surface area contributed by atoms with Crippen molar-refractivity contribution in [2.24, 2.45) is 0 Å². The van der Waals surface area contributed by atoms with E-state index in [1.54, 1.807) is 37.3 Å². The lowest BCUT2D eigenvalue weighted by molar-refractivity contribution is -0.140. The zero-order valence-corrected chi connectivity index (χ0v) is 22.9. The highest BCUT2D eigenvalue weighted by atomic mass is 35.5. The van der Waals surface area contributed by atoms with Gasteiger partial charge in [0, 0.05) is 24.2 Å². The summed E-state index contributed by atoms with van der Waals surface area (Å²) < 4.78 is 37.1. The van der Waals surface area contributed by atoms with Crippen LogP contribution in [-0.2, 0) is 26.2 Å². The molecule has 2 rings (SSSR count). The van der Waals surface area contributed by atoms with Gasteiger partial charge < -0.3 is 19.7 Å². The normalized spacial score (nSPS) is 11.9. The maximum absolute atomic E-state index is 13.7. The topological polar surface area (TPSA) is 105 Å². The van der Waals surface area contributed by atoms with Crippen molar-refractivity contribution in [3.8, 4) is 11.5 Å². The molecule has 1 N–H and O–H groups in total. The van der Waals surface area contributed by atoms with E-state index in [1.807, 2.05) is 6.92 Å². The van der Waals surface area contributed by atoms with Crippen LogP contribution < -0.4 is 19.1 Å². The Morgan fingerprint density at radius 1 is 1.06 bits per heavy atom. The Balaban J connectivity index is 2.48. The van der Waals surface area contributed by atoms with E-state index in [1.165, 1.54) is 31.3 Å². The number of hydrogen-bond donors (Lipinski definition) is 1. The molecule has 0 heterocycles. The van der Waals surface area contributed by atoms with Crippen molar-refractivity contribution >= 4 is 39.1 Å². The number of nitrogens with zero attached hydrogens (tertiary/aromatic N) is 2. The van der Waals surface area contributed by atoms with E-state index < -0.39 is 28.5 Å². The highest BCUT2D eigenvalue weighted by Gasteiger charge is 2.32. The van der Waals surface area contributed by atoms with Gasteiger partial charge in [-0.25, -0.2) is 8.42 Å². The Morgan fingerprint density at radius 3 is 2.25 bits per heavy atom. The van der Waals surface area contributed by atoms with E-state index in [4.69, 9.17) is 21.1 Å². The largest absolute Gasteiger partial charge is 0.497 e. The summed E-state index contributed by atoms with van der Waals surface area (Å²) in [6, 6.07) is 10.8. The second-order valence-corrected chi connectivity index (χ2v) is 10.5. The quantitative estimate of drug-likeness (QED) is 0.418. The van der Waals surface area contributed by atoms with Crippen molar-refractivity contribution in [2.45, 2.75) is 39.3 Å². The molecule has 0 fully saturated rings. The second-order valence-electron chi connectivity index (χ2n) is 8.17. The molecule has 2 aromatic rings. The third-order valence-corrected chi connectivity index (χ3v) is 6.91. The fourth-order valence-corrected chi connectivity index (χ4v) is 4.64. The summed E-state index contributed by atoms with van der Waals surface area (Å²) >= 11 is 6.01. The number of hydrogen-bond acceptors (Lipinski definition) is 6. The van der Waals surface area contributed by atoms with Gasteiger partial charge in [0.15, 0.2) is 0 Å². The monoisotopic (exact) mass is 539 g/mol. The summed E-state index contributed by atoms with van der Waals surface area (Å²) in [6.45, 7) is 3.79. The molecule has 11 heteroatoms. The van der Waals surface area contributed by atoms with Crippen molar-refractivity contribution in [1.29, 1.82) is 0 Å². The molecule has 1 atom stereocenters. The number of halogens is 1. The molecule has 2 aromatic carbocycles. The van der Waals surface area contributed by atoms with Crippen molar-refractivity contribution in [3.63, 3.8) is 0 Å². The second kappa shape index (κ2) is 13.4. The molecule has 0 aliphatic rings. The predicted molar refractivity (Wildman–Crippen MR) is 141 cm³/mol. The first-order valence-corrected chi connectivity index (χ1v) is 13.8. The minimum atomic E-state index is -3.90. The van der Waals surface area contributed by atoms with E-state index >= 15 is 0 Å². The summed E-state index contributed by atoms with van der Waals surface area (Å²) in [7, 11) is -1.01. The molecular weight excluding hydrogens is 506 g/mol. The van der Waals surface area contributed by atoms with E-state index in [0.29, 0.717) is 23.7 Å². The van der Waals surface area contributed by atoms with E-state index in [-0.39, 0.29) is 23.9 Å². The lowest BCUT2D eigenvalue weighted by Gasteiger charge is -2.33. The standard InChI is InChI=1S/C25H34ClN3O6S/c1-6-14-27-25(31)21(7-2)28(16-18-8-10-19(26)11-9-18)24(30)17-29(36(5,32)33)22-13-12-20(34-3)15-23(22)35-4/h8-13,15,21H,6-7,14,16-17H2,1-5H3,(H,27,31)/t21-/m0/s1. The SMILES string of the molecule is CCCNC(=O)[C@H](CC)N(Cc1ccc(Cl)cc1)C(=O)CN(c1ccc(OC)cc1OC)S(C)(=O)=O. The molecule has 36 heavy (non-hydrogen) atoms. The molecule has 0 aromatic heterocycles. The van der Waals surface area contributed by atoms with Crippen molar-refractivity contribution in [3.05, 3.63) is 53.1 Å². The fourth-order valence-electron chi connectivity index (χ4n) is 3.66. The Kier molecular flexibility index (Phi) is 10.9. The Bertz CT molecular complexity index is 1140.